The third-order valence-electron chi connectivity index (χ3n) is 3.66. The number of hydrogen-bond acceptors (Lipinski definition) is 7. The first-order valence-electron chi connectivity index (χ1n) is 7.93. The number of methoxy groups -OCH3 is 1. The maximum Gasteiger partial charge on any atom is 0.270 e. The fraction of sp³-hybridized carbons (Fsp3) is 0.0556. The minimum Gasteiger partial charge on any atom is -0.497 e. The largest absolute Gasteiger partial charge is 0.497 e. The summed E-state index contributed by atoms with van der Waals surface area (Å²) in [6.45, 7) is 0. The molecule has 0 saturated carbocycles. The molecule has 1 amide bonds. The number of amides is 1. The highest BCUT2D eigenvalue weighted by molar-refractivity contribution is 7.80. The number of benzene rings is 2. The van der Waals surface area contributed by atoms with Crippen LogP contribution in [0.15, 0.2) is 53.9 Å². The van der Waals surface area contributed by atoms with Crippen LogP contribution in [0.2, 0.25) is 0 Å². The molecule has 3 aromatic rings. The molecule has 0 atom stereocenters. The number of nitrogens with zero attached hydrogens (tertiary/aromatic N) is 2. The molecule has 2 N–H and O–H groups in total. The van der Waals surface area contributed by atoms with E-state index in [4.69, 9.17) is 17.0 Å². The van der Waals surface area contributed by atoms with Crippen LogP contribution in [0.5, 0.6) is 5.75 Å². The number of anilines is 1. The maximum atomic E-state index is 12.2. The molecule has 0 radical (unpaired) electrons. The molecular weight excluding hydrogens is 400 g/mol. The van der Waals surface area contributed by atoms with Gasteiger partial charge in [-0.25, -0.2) is 4.98 Å². The topological polar surface area (TPSA) is 106 Å². The van der Waals surface area contributed by atoms with E-state index in [1.165, 1.54) is 23.5 Å². The van der Waals surface area contributed by atoms with Gasteiger partial charge in [0.1, 0.15) is 5.75 Å². The highest BCUT2D eigenvalue weighted by Gasteiger charge is 2.12. The first-order chi connectivity index (χ1) is 13.5. The Labute approximate surface area is 169 Å². The van der Waals surface area contributed by atoms with Crippen molar-refractivity contribution >= 4 is 45.4 Å². The van der Waals surface area contributed by atoms with E-state index in [-0.39, 0.29) is 16.7 Å². The zero-order valence-electron chi connectivity index (χ0n) is 14.5. The molecule has 0 aliphatic rings. The lowest BCUT2D eigenvalue weighted by Crippen LogP contribution is -2.34. The van der Waals surface area contributed by atoms with Gasteiger partial charge in [-0.2, -0.15) is 0 Å². The molecule has 2 aromatic carbocycles. The van der Waals surface area contributed by atoms with Crippen LogP contribution in [0.3, 0.4) is 0 Å². The van der Waals surface area contributed by atoms with Crippen LogP contribution in [0.25, 0.3) is 11.3 Å². The van der Waals surface area contributed by atoms with Gasteiger partial charge in [-0.3, -0.25) is 20.2 Å². The van der Waals surface area contributed by atoms with E-state index in [2.05, 4.69) is 15.6 Å². The first-order valence-corrected chi connectivity index (χ1v) is 9.22. The van der Waals surface area contributed by atoms with Crippen molar-refractivity contribution in [3.8, 4) is 17.0 Å². The second kappa shape index (κ2) is 8.55. The monoisotopic (exact) mass is 414 g/mol. The smallest absolute Gasteiger partial charge is 0.270 e. The van der Waals surface area contributed by atoms with Gasteiger partial charge in [0, 0.05) is 28.6 Å². The summed E-state index contributed by atoms with van der Waals surface area (Å²) in [5.41, 5.74) is 1.61. The predicted molar refractivity (Wildman–Crippen MR) is 111 cm³/mol. The molecule has 0 bridgehead atoms. The molecular formula is C18H14N4O4S2. The fourth-order valence-electron chi connectivity index (χ4n) is 2.29. The molecule has 0 aliphatic heterocycles. The van der Waals surface area contributed by atoms with E-state index in [0.29, 0.717) is 27.7 Å². The van der Waals surface area contributed by atoms with Crippen molar-refractivity contribution in [1.29, 1.82) is 0 Å². The van der Waals surface area contributed by atoms with Gasteiger partial charge >= 0.3 is 0 Å². The number of thiocarbonyl (C=S) groups is 1. The zero-order valence-corrected chi connectivity index (χ0v) is 16.2. The highest BCUT2D eigenvalue weighted by Crippen LogP contribution is 2.27. The molecule has 1 heterocycles. The van der Waals surface area contributed by atoms with Crippen LogP contribution in [0, 0.1) is 10.1 Å². The minimum atomic E-state index is -0.459. The Hall–Kier alpha value is -3.37. The molecule has 0 fully saturated rings. The van der Waals surface area contributed by atoms with Crippen LogP contribution in [0.1, 0.15) is 10.4 Å². The molecule has 28 heavy (non-hydrogen) atoms. The van der Waals surface area contributed by atoms with Crippen molar-refractivity contribution in [3.05, 3.63) is 69.6 Å². The second-order valence-electron chi connectivity index (χ2n) is 5.48. The Balaban J connectivity index is 1.64. The normalized spacial score (nSPS) is 10.2. The SMILES string of the molecule is COc1ccc(C(=O)NC(=S)Nc2nc(-c3cccc([N+](=O)[O-])c3)cs2)cc1. The van der Waals surface area contributed by atoms with Gasteiger partial charge in [-0.15, -0.1) is 11.3 Å². The Morgan fingerprint density at radius 1 is 1.25 bits per heavy atom. The van der Waals surface area contributed by atoms with Crippen molar-refractivity contribution < 1.29 is 14.5 Å². The van der Waals surface area contributed by atoms with Gasteiger partial charge in [0.2, 0.25) is 0 Å². The van der Waals surface area contributed by atoms with Gasteiger partial charge < -0.3 is 10.1 Å². The number of thiazole rings is 1. The van der Waals surface area contributed by atoms with Crippen molar-refractivity contribution in [2.75, 3.05) is 12.4 Å². The number of carbonyl (C=O) groups is 1. The standard InChI is InChI=1S/C18H14N4O4S2/c1-26-14-7-5-11(6-8-14)16(23)20-17(27)21-18-19-15(10-28-18)12-3-2-4-13(9-12)22(24)25/h2-10H,1H3,(H2,19,20,21,23,27). The fourth-order valence-corrected chi connectivity index (χ4v) is 3.27. The Bertz CT molecular complexity index is 1030. The third-order valence-corrected chi connectivity index (χ3v) is 4.62. The van der Waals surface area contributed by atoms with Crippen LogP contribution < -0.4 is 15.4 Å². The molecule has 3 rings (SSSR count). The average Bonchev–Trinajstić information content (AvgIpc) is 3.16. The lowest BCUT2D eigenvalue weighted by atomic mass is 10.1. The van der Waals surface area contributed by atoms with Gasteiger partial charge in [0.25, 0.3) is 11.6 Å². The van der Waals surface area contributed by atoms with E-state index >= 15 is 0 Å². The summed E-state index contributed by atoms with van der Waals surface area (Å²) in [6, 6.07) is 12.8. The number of carbonyl (C=O) groups excluding carboxylic acids is 1. The van der Waals surface area contributed by atoms with Crippen LogP contribution in [-0.4, -0.2) is 28.0 Å². The van der Waals surface area contributed by atoms with E-state index in [1.54, 1.807) is 48.9 Å². The number of rotatable bonds is 5. The van der Waals surface area contributed by atoms with Gasteiger partial charge in [-0.1, -0.05) is 12.1 Å². The molecule has 0 saturated heterocycles. The number of ether oxygens (including phenoxy) is 1. The van der Waals surface area contributed by atoms with E-state index < -0.39 is 4.92 Å². The van der Waals surface area contributed by atoms with Gasteiger partial charge in [0.05, 0.1) is 17.7 Å². The number of nitro groups is 1. The summed E-state index contributed by atoms with van der Waals surface area (Å²) in [4.78, 5) is 27.0. The van der Waals surface area contributed by atoms with Crippen LogP contribution in [-0.2, 0) is 0 Å². The van der Waals surface area contributed by atoms with Crippen molar-refractivity contribution in [1.82, 2.24) is 10.3 Å². The zero-order chi connectivity index (χ0) is 20.1. The lowest BCUT2D eigenvalue weighted by molar-refractivity contribution is -0.384. The van der Waals surface area contributed by atoms with E-state index in [1.807, 2.05) is 0 Å². The summed E-state index contributed by atoms with van der Waals surface area (Å²) in [5, 5.41) is 18.6. The van der Waals surface area contributed by atoms with E-state index in [9.17, 15) is 14.9 Å². The third kappa shape index (κ3) is 4.67. The van der Waals surface area contributed by atoms with Crippen molar-refractivity contribution in [3.63, 3.8) is 0 Å². The highest BCUT2D eigenvalue weighted by atomic mass is 32.1. The van der Waals surface area contributed by atoms with E-state index in [0.717, 1.165) is 0 Å². The molecule has 0 aliphatic carbocycles. The number of nitro benzene ring substituents is 1. The molecule has 1 aromatic heterocycles. The van der Waals surface area contributed by atoms with Gasteiger partial charge in [-0.05, 0) is 36.5 Å². The summed E-state index contributed by atoms with van der Waals surface area (Å²) in [7, 11) is 1.55. The summed E-state index contributed by atoms with van der Waals surface area (Å²) in [6.07, 6.45) is 0. The number of hydrogen-bond donors (Lipinski definition) is 2. The molecule has 0 spiro atoms. The quantitative estimate of drug-likeness (QED) is 0.371. The Morgan fingerprint density at radius 3 is 2.68 bits per heavy atom. The first kappa shape index (κ1) is 19.4. The van der Waals surface area contributed by atoms with Crippen LogP contribution >= 0.6 is 23.6 Å². The Morgan fingerprint density at radius 2 is 2.00 bits per heavy atom. The maximum absolute atomic E-state index is 12.2. The summed E-state index contributed by atoms with van der Waals surface area (Å²) in [5.74, 6) is 0.282. The number of non-ortho nitro benzene ring substituents is 1. The van der Waals surface area contributed by atoms with Gasteiger partial charge in [0.15, 0.2) is 10.2 Å². The molecule has 142 valence electrons. The summed E-state index contributed by atoms with van der Waals surface area (Å²) < 4.78 is 5.05. The number of nitrogens with one attached hydrogen (secondary N) is 2. The van der Waals surface area contributed by atoms with Crippen molar-refractivity contribution in [2.24, 2.45) is 0 Å². The molecule has 0 unspecified atom stereocenters. The van der Waals surface area contributed by atoms with Crippen molar-refractivity contribution in [2.45, 2.75) is 0 Å². The molecule has 8 nitrogen and oxygen atoms in total. The molecule has 10 heteroatoms. The predicted octanol–water partition coefficient (Wildman–Crippen LogP) is 3.85. The average molecular weight is 414 g/mol. The second-order valence-corrected chi connectivity index (χ2v) is 6.75. The summed E-state index contributed by atoms with van der Waals surface area (Å²) >= 11 is 6.42. The minimum absolute atomic E-state index is 0.0118. The van der Waals surface area contributed by atoms with Crippen LogP contribution in [0.4, 0.5) is 10.8 Å². The number of aromatic nitrogens is 1. The Kier molecular flexibility index (Phi) is 5.92. The lowest BCUT2D eigenvalue weighted by Gasteiger charge is -2.07.